The lowest BCUT2D eigenvalue weighted by Gasteiger charge is -2.03. The third-order valence-corrected chi connectivity index (χ3v) is 4.38. The summed E-state index contributed by atoms with van der Waals surface area (Å²) < 4.78 is 6.20. The zero-order valence-electron chi connectivity index (χ0n) is 10.4. The average molecular weight is 299 g/mol. The molecule has 3 N–H and O–H groups in total. The maximum atomic E-state index is 11.2. The van der Waals surface area contributed by atoms with Crippen LogP contribution in [-0.2, 0) is 5.75 Å². The second-order valence-electron chi connectivity index (χ2n) is 3.77. The summed E-state index contributed by atoms with van der Waals surface area (Å²) in [6.07, 6.45) is 0. The number of carbonyl (C=O) groups excluding carboxylic acids is 1. The summed E-state index contributed by atoms with van der Waals surface area (Å²) in [6, 6.07) is 3.33. The van der Waals surface area contributed by atoms with Gasteiger partial charge in [-0.3, -0.25) is 10.2 Å². The third-order valence-electron chi connectivity index (χ3n) is 2.13. The predicted molar refractivity (Wildman–Crippen MR) is 74.2 cm³/mol. The van der Waals surface area contributed by atoms with Gasteiger partial charge in [-0.1, -0.05) is 23.1 Å². The Kier molecular flexibility index (Phi) is 4.40. The smallest absolute Gasteiger partial charge is 0.300 e. The number of hydrogen-bond donors (Lipinski definition) is 2. The molecule has 0 spiro atoms. The first-order valence-electron chi connectivity index (χ1n) is 5.33. The molecule has 0 radical (unpaired) electrons. The average Bonchev–Trinajstić information content (AvgIpc) is 3.04. The maximum Gasteiger partial charge on any atom is 0.300 e. The number of furan rings is 1. The number of amides is 1. The van der Waals surface area contributed by atoms with Gasteiger partial charge in [0.2, 0.25) is 5.13 Å². The molecule has 0 fully saturated rings. The lowest BCUT2D eigenvalue weighted by molar-refractivity contribution is 0.0924. The molecule has 0 saturated heterocycles. The van der Waals surface area contributed by atoms with Crippen LogP contribution in [0.1, 0.15) is 16.3 Å². The molecular weight excluding hydrogens is 286 g/mol. The van der Waals surface area contributed by atoms with Crippen molar-refractivity contribution in [2.75, 3.05) is 19.0 Å². The highest BCUT2D eigenvalue weighted by atomic mass is 32.2. The molecule has 2 heterocycles. The van der Waals surface area contributed by atoms with E-state index >= 15 is 0 Å². The van der Waals surface area contributed by atoms with Crippen LogP contribution < -0.4 is 16.2 Å². The standard InChI is InChI=1S/C10H13N5O2S2/c1-15(2)9-13-14-10(19-9)18-5-6-3-4-7(17-6)8(16)12-11/h3-4H,5,11H2,1-2H3,(H,12,16). The van der Waals surface area contributed by atoms with E-state index in [4.69, 9.17) is 10.3 Å². The number of thioether (sulfide) groups is 1. The van der Waals surface area contributed by atoms with Gasteiger partial charge in [0.05, 0.1) is 5.75 Å². The van der Waals surface area contributed by atoms with E-state index in [0.29, 0.717) is 11.5 Å². The minimum absolute atomic E-state index is 0.198. The molecule has 102 valence electrons. The number of nitrogens with zero attached hydrogens (tertiary/aromatic N) is 3. The summed E-state index contributed by atoms with van der Waals surface area (Å²) in [5, 5.41) is 8.95. The van der Waals surface area contributed by atoms with Gasteiger partial charge in [-0.15, -0.1) is 10.2 Å². The van der Waals surface area contributed by atoms with E-state index < -0.39 is 5.91 Å². The first-order valence-corrected chi connectivity index (χ1v) is 7.13. The molecule has 0 atom stereocenters. The minimum atomic E-state index is -0.443. The van der Waals surface area contributed by atoms with Gasteiger partial charge >= 0.3 is 5.91 Å². The monoisotopic (exact) mass is 299 g/mol. The van der Waals surface area contributed by atoms with Crippen LogP contribution in [0.25, 0.3) is 0 Å². The fraction of sp³-hybridized carbons (Fsp3) is 0.300. The molecule has 2 aromatic heterocycles. The highest BCUT2D eigenvalue weighted by Gasteiger charge is 2.11. The van der Waals surface area contributed by atoms with E-state index in [2.05, 4.69) is 10.2 Å². The normalized spacial score (nSPS) is 10.5. The molecule has 0 saturated carbocycles. The van der Waals surface area contributed by atoms with E-state index in [0.717, 1.165) is 9.47 Å². The second-order valence-corrected chi connectivity index (χ2v) is 5.95. The van der Waals surface area contributed by atoms with Crippen molar-refractivity contribution in [3.05, 3.63) is 23.7 Å². The molecule has 7 nitrogen and oxygen atoms in total. The first kappa shape index (κ1) is 13.8. The molecule has 0 bridgehead atoms. The summed E-state index contributed by atoms with van der Waals surface area (Å²) in [5.41, 5.74) is 2.02. The van der Waals surface area contributed by atoms with Crippen molar-refractivity contribution < 1.29 is 9.21 Å². The van der Waals surface area contributed by atoms with Gasteiger partial charge in [0.1, 0.15) is 5.76 Å². The van der Waals surface area contributed by atoms with Gasteiger partial charge in [0, 0.05) is 14.1 Å². The van der Waals surface area contributed by atoms with Crippen LogP contribution in [0.4, 0.5) is 5.13 Å². The molecule has 19 heavy (non-hydrogen) atoms. The summed E-state index contributed by atoms with van der Waals surface area (Å²) in [6.45, 7) is 0. The number of nitrogens with one attached hydrogen (secondary N) is 1. The van der Waals surface area contributed by atoms with Crippen LogP contribution in [0.3, 0.4) is 0 Å². The van der Waals surface area contributed by atoms with Crippen LogP contribution in [-0.4, -0.2) is 30.2 Å². The minimum Gasteiger partial charge on any atom is -0.455 e. The Hall–Kier alpha value is -1.58. The Morgan fingerprint density at radius 1 is 1.53 bits per heavy atom. The first-order chi connectivity index (χ1) is 9.10. The number of hydrogen-bond acceptors (Lipinski definition) is 8. The van der Waals surface area contributed by atoms with Crippen LogP contribution in [0.15, 0.2) is 20.9 Å². The summed E-state index contributed by atoms with van der Waals surface area (Å²) in [5.74, 6) is 6.05. The SMILES string of the molecule is CN(C)c1nnc(SCc2ccc(C(=O)NN)o2)s1. The Bertz CT molecular complexity index is 566. The molecule has 2 rings (SSSR count). The summed E-state index contributed by atoms with van der Waals surface area (Å²) in [7, 11) is 3.83. The Balaban J connectivity index is 1.94. The Labute approximate surface area is 118 Å². The van der Waals surface area contributed by atoms with Crippen molar-refractivity contribution >= 4 is 34.1 Å². The van der Waals surface area contributed by atoms with Crippen molar-refractivity contribution in [1.82, 2.24) is 15.6 Å². The van der Waals surface area contributed by atoms with Crippen LogP contribution in [0, 0.1) is 0 Å². The topological polar surface area (TPSA) is 97.3 Å². The second kappa shape index (κ2) is 6.04. The van der Waals surface area contributed by atoms with Crippen molar-refractivity contribution in [3.8, 4) is 0 Å². The van der Waals surface area contributed by atoms with Gasteiger partial charge in [-0.05, 0) is 12.1 Å². The highest BCUT2D eigenvalue weighted by Crippen LogP contribution is 2.29. The lowest BCUT2D eigenvalue weighted by Crippen LogP contribution is -2.29. The number of nitrogen functional groups attached to an aromatic ring is 1. The maximum absolute atomic E-state index is 11.2. The van der Waals surface area contributed by atoms with Crippen molar-refractivity contribution in [3.63, 3.8) is 0 Å². The lowest BCUT2D eigenvalue weighted by atomic mass is 10.4. The van der Waals surface area contributed by atoms with E-state index in [1.54, 1.807) is 12.1 Å². The molecule has 0 aliphatic carbocycles. The largest absolute Gasteiger partial charge is 0.455 e. The molecule has 0 unspecified atom stereocenters. The van der Waals surface area contributed by atoms with Crippen molar-refractivity contribution in [1.29, 1.82) is 0 Å². The number of anilines is 1. The highest BCUT2D eigenvalue weighted by molar-refractivity contribution is 8.00. The quantitative estimate of drug-likeness (QED) is 0.369. The van der Waals surface area contributed by atoms with E-state index in [1.165, 1.54) is 23.1 Å². The summed E-state index contributed by atoms with van der Waals surface area (Å²) >= 11 is 3.01. The molecule has 2 aromatic rings. The molecule has 0 aliphatic rings. The molecule has 0 aliphatic heterocycles. The number of aromatic nitrogens is 2. The van der Waals surface area contributed by atoms with Gasteiger partial charge in [-0.2, -0.15) is 0 Å². The number of hydrazine groups is 1. The zero-order chi connectivity index (χ0) is 13.8. The molecular formula is C10H13N5O2S2. The van der Waals surface area contributed by atoms with Crippen LogP contribution in [0.2, 0.25) is 0 Å². The molecule has 1 amide bonds. The Morgan fingerprint density at radius 2 is 2.32 bits per heavy atom. The van der Waals surface area contributed by atoms with Crippen molar-refractivity contribution in [2.45, 2.75) is 10.1 Å². The fourth-order valence-corrected chi connectivity index (χ4v) is 2.88. The van der Waals surface area contributed by atoms with Gasteiger partial charge in [-0.25, -0.2) is 5.84 Å². The fourth-order valence-electron chi connectivity index (χ4n) is 1.22. The van der Waals surface area contributed by atoms with E-state index in [1.807, 2.05) is 24.4 Å². The van der Waals surface area contributed by atoms with Crippen LogP contribution >= 0.6 is 23.1 Å². The third kappa shape index (κ3) is 3.46. The Morgan fingerprint density at radius 3 is 2.95 bits per heavy atom. The van der Waals surface area contributed by atoms with Crippen molar-refractivity contribution in [2.24, 2.45) is 5.84 Å². The number of carbonyl (C=O) groups is 1. The number of rotatable bonds is 5. The van der Waals surface area contributed by atoms with Crippen LogP contribution in [0.5, 0.6) is 0 Å². The molecule has 0 aromatic carbocycles. The number of nitrogens with two attached hydrogens (primary N) is 1. The zero-order valence-corrected chi connectivity index (χ0v) is 12.0. The van der Waals surface area contributed by atoms with Gasteiger partial charge < -0.3 is 9.32 Å². The van der Waals surface area contributed by atoms with E-state index in [9.17, 15) is 4.79 Å². The van der Waals surface area contributed by atoms with Gasteiger partial charge in [0.15, 0.2) is 10.1 Å². The van der Waals surface area contributed by atoms with Gasteiger partial charge in [0.25, 0.3) is 0 Å². The molecule has 9 heteroatoms. The predicted octanol–water partition coefficient (Wildman–Crippen LogP) is 1.09. The summed E-state index contributed by atoms with van der Waals surface area (Å²) in [4.78, 5) is 13.1. The van der Waals surface area contributed by atoms with E-state index in [-0.39, 0.29) is 5.76 Å².